The quantitative estimate of drug-likeness (QED) is 0.274. The van der Waals surface area contributed by atoms with Crippen molar-refractivity contribution in [2.75, 3.05) is 25.5 Å². The van der Waals surface area contributed by atoms with E-state index in [1.54, 1.807) is 42.5 Å². The van der Waals surface area contributed by atoms with Crippen LogP contribution in [-0.4, -0.2) is 43.9 Å². The average molecular weight is 473 g/mol. The molecule has 0 saturated heterocycles. The molecule has 1 heterocycles. The lowest BCUT2D eigenvalue weighted by Gasteiger charge is -2.14. The van der Waals surface area contributed by atoms with E-state index in [4.69, 9.17) is 15.5 Å². The van der Waals surface area contributed by atoms with Gasteiger partial charge in [0, 0.05) is 30.4 Å². The van der Waals surface area contributed by atoms with Crippen LogP contribution in [0.1, 0.15) is 27.4 Å². The SMILES string of the molecule is COC(=O)Oc1ccc2c(c1)NC(=O)C2C(=Nc1ccc(C(=O)NCCN)cc1)c1ccccc1. The first-order valence-corrected chi connectivity index (χ1v) is 10.9. The molecule has 2 amide bonds. The van der Waals surface area contributed by atoms with Crippen molar-refractivity contribution in [3.05, 3.63) is 89.5 Å². The van der Waals surface area contributed by atoms with Crippen molar-refractivity contribution in [1.82, 2.24) is 5.32 Å². The number of methoxy groups -OCH3 is 1. The highest BCUT2D eigenvalue weighted by Crippen LogP contribution is 2.38. The summed E-state index contributed by atoms with van der Waals surface area (Å²) in [5.74, 6) is -0.913. The summed E-state index contributed by atoms with van der Waals surface area (Å²) >= 11 is 0. The number of anilines is 1. The van der Waals surface area contributed by atoms with E-state index in [0.29, 0.717) is 41.3 Å². The van der Waals surface area contributed by atoms with Gasteiger partial charge >= 0.3 is 6.16 Å². The fraction of sp³-hybridized carbons (Fsp3) is 0.154. The van der Waals surface area contributed by atoms with Gasteiger partial charge in [-0.2, -0.15) is 0 Å². The molecule has 4 rings (SSSR count). The lowest BCUT2D eigenvalue weighted by atomic mass is 9.90. The van der Waals surface area contributed by atoms with Gasteiger partial charge < -0.3 is 25.8 Å². The number of aliphatic imine (C=N–C) groups is 1. The van der Waals surface area contributed by atoms with Crippen LogP contribution in [-0.2, 0) is 9.53 Å². The van der Waals surface area contributed by atoms with E-state index < -0.39 is 12.1 Å². The molecule has 0 saturated carbocycles. The normalized spacial score (nSPS) is 14.6. The van der Waals surface area contributed by atoms with Gasteiger partial charge in [0.05, 0.1) is 18.5 Å². The Morgan fingerprint density at radius 1 is 1.03 bits per heavy atom. The lowest BCUT2D eigenvalue weighted by molar-refractivity contribution is -0.115. The first-order chi connectivity index (χ1) is 17.0. The van der Waals surface area contributed by atoms with Gasteiger partial charge in [0.2, 0.25) is 5.91 Å². The zero-order valence-electron chi connectivity index (χ0n) is 19.0. The average Bonchev–Trinajstić information content (AvgIpc) is 3.21. The van der Waals surface area contributed by atoms with Crippen LogP contribution in [0.4, 0.5) is 16.2 Å². The molecule has 3 aromatic carbocycles. The number of nitrogens with two attached hydrogens (primary N) is 1. The summed E-state index contributed by atoms with van der Waals surface area (Å²) in [7, 11) is 1.22. The Kier molecular flexibility index (Phi) is 7.18. The summed E-state index contributed by atoms with van der Waals surface area (Å²) in [5, 5.41) is 5.57. The zero-order valence-corrected chi connectivity index (χ0v) is 19.0. The fourth-order valence-electron chi connectivity index (χ4n) is 3.73. The van der Waals surface area contributed by atoms with Crippen LogP contribution in [0.2, 0.25) is 0 Å². The molecule has 0 fully saturated rings. The summed E-state index contributed by atoms with van der Waals surface area (Å²) < 4.78 is 9.60. The second-order valence-electron chi connectivity index (χ2n) is 7.68. The van der Waals surface area contributed by atoms with E-state index in [0.717, 1.165) is 5.56 Å². The number of benzene rings is 3. The van der Waals surface area contributed by atoms with E-state index in [2.05, 4.69) is 15.4 Å². The highest BCUT2D eigenvalue weighted by molar-refractivity contribution is 6.24. The van der Waals surface area contributed by atoms with E-state index in [9.17, 15) is 14.4 Å². The lowest BCUT2D eigenvalue weighted by Crippen LogP contribution is -2.28. The molecule has 1 unspecified atom stereocenters. The number of nitrogens with one attached hydrogen (secondary N) is 2. The molecule has 178 valence electrons. The third-order valence-electron chi connectivity index (χ3n) is 5.38. The van der Waals surface area contributed by atoms with Crippen molar-refractivity contribution >= 4 is 35.1 Å². The number of carbonyl (C=O) groups excluding carboxylic acids is 3. The maximum absolute atomic E-state index is 13.1. The van der Waals surface area contributed by atoms with E-state index in [1.807, 2.05) is 30.3 Å². The van der Waals surface area contributed by atoms with Gasteiger partial charge in [-0.15, -0.1) is 0 Å². The summed E-state index contributed by atoms with van der Waals surface area (Å²) in [6, 6.07) is 21.1. The smallest absolute Gasteiger partial charge is 0.437 e. The molecule has 1 atom stereocenters. The first-order valence-electron chi connectivity index (χ1n) is 10.9. The monoisotopic (exact) mass is 472 g/mol. The number of carbonyl (C=O) groups is 3. The number of amides is 2. The van der Waals surface area contributed by atoms with Gasteiger partial charge in [0.25, 0.3) is 5.91 Å². The van der Waals surface area contributed by atoms with Gasteiger partial charge in [0.1, 0.15) is 11.7 Å². The molecular formula is C26H24N4O5. The summed E-state index contributed by atoms with van der Waals surface area (Å²) in [6.07, 6.45) is -0.850. The standard InChI is InChI=1S/C26H24N4O5/c1-34-26(33)35-19-11-12-20-21(15-19)30-25(32)22(20)23(16-5-3-2-4-6-16)29-18-9-7-17(8-10-18)24(31)28-14-13-27/h2-12,15,22H,13-14,27H2,1H3,(H,28,31)(H,30,32). The molecule has 3 aromatic rings. The Morgan fingerprint density at radius 2 is 1.77 bits per heavy atom. The van der Waals surface area contributed by atoms with Crippen LogP contribution in [0.15, 0.2) is 77.8 Å². The molecule has 9 nitrogen and oxygen atoms in total. The Bertz CT molecular complexity index is 1270. The predicted molar refractivity (Wildman–Crippen MR) is 131 cm³/mol. The molecule has 0 bridgehead atoms. The van der Waals surface area contributed by atoms with Gasteiger partial charge in [0.15, 0.2) is 0 Å². The van der Waals surface area contributed by atoms with Gasteiger partial charge in [-0.3, -0.25) is 14.6 Å². The Morgan fingerprint density at radius 3 is 2.46 bits per heavy atom. The highest BCUT2D eigenvalue weighted by atomic mass is 16.7. The maximum Gasteiger partial charge on any atom is 0.513 e. The molecule has 1 aliphatic rings. The third-order valence-corrected chi connectivity index (χ3v) is 5.38. The van der Waals surface area contributed by atoms with Crippen LogP contribution < -0.4 is 21.1 Å². The fourth-order valence-corrected chi connectivity index (χ4v) is 3.73. The number of ether oxygens (including phenoxy) is 2. The van der Waals surface area contributed by atoms with Gasteiger partial charge in [-0.25, -0.2) is 4.79 Å². The van der Waals surface area contributed by atoms with Crippen LogP contribution in [0.3, 0.4) is 0 Å². The van der Waals surface area contributed by atoms with Crippen molar-refractivity contribution in [1.29, 1.82) is 0 Å². The minimum absolute atomic E-state index is 0.219. The summed E-state index contributed by atoms with van der Waals surface area (Å²) in [6.45, 7) is 0.745. The largest absolute Gasteiger partial charge is 0.513 e. The molecule has 9 heteroatoms. The number of hydrogen-bond acceptors (Lipinski definition) is 7. The number of hydrogen-bond donors (Lipinski definition) is 3. The van der Waals surface area contributed by atoms with Gasteiger partial charge in [-0.1, -0.05) is 36.4 Å². The Balaban J connectivity index is 1.70. The Labute approximate surface area is 202 Å². The number of nitrogens with zero attached hydrogens (tertiary/aromatic N) is 1. The molecule has 4 N–H and O–H groups in total. The molecular weight excluding hydrogens is 448 g/mol. The van der Waals surface area contributed by atoms with Crippen LogP contribution in [0.25, 0.3) is 0 Å². The zero-order chi connectivity index (χ0) is 24.8. The minimum atomic E-state index is -0.850. The van der Waals surface area contributed by atoms with Crippen molar-refractivity contribution in [2.24, 2.45) is 10.7 Å². The molecule has 0 aliphatic carbocycles. The third kappa shape index (κ3) is 5.36. The van der Waals surface area contributed by atoms with Crippen LogP contribution in [0.5, 0.6) is 5.75 Å². The molecule has 0 spiro atoms. The first kappa shape index (κ1) is 23.7. The second kappa shape index (κ2) is 10.6. The topological polar surface area (TPSA) is 132 Å². The Hall–Kier alpha value is -4.50. The summed E-state index contributed by atoms with van der Waals surface area (Å²) in [5.41, 5.74) is 9.06. The molecule has 0 aromatic heterocycles. The molecule has 0 radical (unpaired) electrons. The van der Waals surface area contributed by atoms with E-state index in [-0.39, 0.29) is 17.6 Å². The highest BCUT2D eigenvalue weighted by Gasteiger charge is 2.35. The van der Waals surface area contributed by atoms with Crippen LogP contribution >= 0.6 is 0 Å². The van der Waals surface area contributed by atoms with Crippen molar-refractivity contribution < 1.29 is 23.9 Å². The number of fused-ring (bicyclic) bond motifs is 1. The van der Waals surface area contributed by atoms with E-state index >= 15 is 0 Å². The van der Waals surface area contributed by atoms with Crippen molar-refractivity contribution in [2.45, 2.75) is 5.92 Å². The maximum atomic E-state index is 13.1. The summed E-state index contributed by atoms with van der Waals surface area (Å²) in [4.78, 5) is 41.5. The molecule has 1 aliphatic heterocycles. The molecule has 35 heavy (non-hydrogen) atoms. The van der Waals surface area contributed by atoms with Crippen molar-refractivity contribution in [3.8, 4) is 5.75 Å². The predicted octanol–water partition coefficient (Wildman–Crippen LogP) is 3.38. The van der Waals surface area contributed by atoms with Crippen molar-refractivity contribution in [3.63, 3.8) is 0 Å². The van der Waals surface area contributed by atoms with E-state index in [1.165, 1.54) is 7.11 Å². The second-order valence-corrected chi connectivity index (χ2v) is 7.68. The van der Waals surface area contributed by atoms with Crippen LogP contribution in [0, 0.1) is 0 Å². The number of rotatable bonds is 7. The minimum Gasteiger partial charge on any atom is -0.437 e. The van der Waals surface area contributed by atoms with Gasteiger partial charge in [-0.05, 0) is 41.5 Å².